The van der Waals surface area contributed by atoms with Gasteiger partial charge in [0.05, 0.1) is 6.61 Å². The summed E-state index contributed by atoms with van der Waals surface area (Å²) in [7, 11) is 0. The number of phenols is 1. The van der Waals surface area contributed by atoms with E-state index in [1.807, 2.05) is 58.0 Å². The molecule has 2 aromatic rings. The second-order valence-electron chi connectivity index (χ2n) is 12.8. The largest absolute Gasteiger partial charge is 0.507 e. The molecule has 0 spiro atoms. The van der Waals surface area contributed by atoms with E-state index in [4.69, 9.17) is 9.47 Å². The van der Waals surface area contributed by atoms with Gasteiger partial charge < -0.3 is 14.6 Å². The van der Waals surface area contributed by atoms with E-state index >= 15 is 0 Å². The van der Waals surface area contributed by atoms with Crippen molar-refractivity contribution in [2.45, 2.75) is 97.1 Å². The van der Waals surface area contributed by atoms with Crippen LogP contribution in [-0.4, -0.2) is 39.4 Å². The van der Waals surface area contributed by atoms with E-state index in [-0.39, 0.29) is 29.7 Å². The van der Waals surface area contributed by atoms with Gasteiger partial charge in [0, 0.05) is 17.2 Å². The summed E-state index contributed by atoms with van der Waals surface area (Å²) in [5.41, 5.74) is 3.58. The number of carbonyl (C=O) groups is 2. The number of rotatable bonds is 6. The molecule has 1 saturated carbocycles. The molecule has 2 fully saturated rings. The van der Waals surface area contributed by atoms with E-state index in [2.05, 4.69) is 20.8 Å². The number of nitrogens with zero attached hydrogens (tertiary/aromatic N) is 1. The first-order valence-electron chi connectivity index (χ1n) is 14.6. The second kappa shape index (κ2) is 10.7. The van der Waals surface area contributed by atoms with Crippen molar-refractivity contribution in [2.75, 3.05) is 6.61 Å². The molecule has 0 radical (unpaired) electrons. The van der Waals surface area contributed by atoms with Crippen LogP contribution in [0, 0.1) is 38.5 Å². The van der Waals surface area contributed by atoms with Crippen molar-refractivity contribution in [2.24, 2.45) is 17.8 Å². The first-order valence-corrected chi connectivity index (χ1v) is 15.5. The van der Waals surface area contributed by atoms with E-state index in [0.717, 1.165) is 65.4 Å². The Bertz CT molecular complexity index is 1310. The molecule has 1 saturated heterocycles. The van der Waals surface area contributed by atoms with Crippen molar-refractivity contribution in [1.29, 1.82) is 0 Å². The number of amides is 2. The Kier molecular flexibility index (Phi) is 7.77. The van der Waals surface area contributed by atoms with Crippen LogP contribution >= 0.6 is 11.8 Å². The third-order valence-electron chi connectivity index (χ3n) is 9.57. The summed E-state index contributed by atoms with van der Waals surface area (Å²) in [4.78, 5) is 28.3. The first-order chi connectivity index (χ1) is 18.9. The minimum Gasteiger partial charge on any atom is -0.507 e. The highest BCUT2D eigenvalue weighted by Crippen LogP contribution is 2.51. The Hall–Kier alpha value is -2.51. The Morgan fingerprint density at radius 3 is 2.48 bits per heavy atom. The molecule has 2 amide bonds. The van der Waals surface area contributed by atoms with Gasteiger partial charge in [-0.25, -0.2) is 0 Å². The Morgan fingerprint density at radius 1 is 1.10 bits per heavy atom. The van der Waals surface area contributed by atoms with Gasteiger partial charge in [0.2, 0.25) is 4.93 Å². The fraction of sp³-hybridized carbons (Fsp3) is 0.576. The van der Waals surface area contributed by atoms with Gasteiger partial charge in [-0.3, -0.25) is 14.5 Å². The molecule has 5 rings (SSSR count). The maximum atomic E-state index is 14.5. The predicted molar refractivity (Wildman–Crippen MR) is 159 cm³/mol. The molecule has 2 heterocycles. The molecule has 1 aliphatic carbocycles. The number of aromatic hydroxyl groups is 1. The zero-order valence-corrected chi connectivity index (χ0v) is 25.7. The summed E-state index contributed by atoms with van der Waals surface area (Å²) in [6.45, 7) is 14.5. The van der Waals surface area contributed by atoms with Crippen LogP contribution in [0.25, 0.3) is 0 Å². The van der Waals surface area contributed by atoms with Crippen molar-refractivity contribution in [1.82, 2.24) is 4.90 Å². The van der Waals surface area contributed by atoms with E-state index < -0.39 is 10.5 Å². The lowest BCUT2D eigenvalue weighted by Gasteiger charge is -2.42. The lowest BCUT2D eigenvalue weighted by Crippen LogP contribution is -2.52. The van der Waals surface area contributed by atoms with Gasteiger partial charge in [-0.15, -0.1) is 0 Å². The number of hydrogen-bond acceptors (Lipinski definition) is 6. The summed E-state index contributed by atoms with van der Waals surface area (Å²) in [5, 5.41) is 10.4. The minimum atomic E-state index is -1.46. The van der Waals surface area contributed by atoms with Crippen LogP contribution in [0.5, 0.6) is 11.5 Å². The zero-order chi connectivity index (χ0) is 29.0. The number of phenolic OH excluding ortho intramolecular Hbond substituents is 1. The van der Waals surface area contributed by atoms with Crippen molar-refractivity contribution in [3.8, 4) is 11.5 Å². The summed E-state index contributed by atoms with van der Waals surface area (Å²) >= 11 is 1.00. The van der Waals surface area contributed by atoms with Crippen molar-refractivity contribution < 1.29 is 24.2 Å². The standard InChI is InChI=1S/C33H43NO5S/c1-19(2)25-14-13-20(3)17-27(25)34-30(36)33(40-31(34)37,24-11-9-8-10-12-24)38-18-32(7)16-15-26-23(6)28(35)21(4)22(5)29(26)39-32/h8-12,19-20,25,27,35H,13-18H2,1-7H3. The van der Waals surface area contributed by atoms with Crippen LogP contribution in [0.2, 0.25) is 0 Å². The van der Waals surface area contributed by atoms with Crippen molar-refractivity contribution in [3.63, 3.8) is 0 Å². The summed E-state index contributed by atoms with van der Waals surface area (Å²) < 4.78 is 13.3. The van der Waals surface area contributed by atoms with Crippen LogP contribution in [0.15, 0.2) is 30.3 Å². The maximum Gasteiger partial charge on any atom is 0.292 e. The number of thioether (sulfide) groups is 1. The zero-order valence-electron chi connectivity index (χ0n) is 24.9. The third kappa shape index (κ3) is 4.83. The molecular weight excluding hydrogens is 522 g/mol. The highest BCUT2D eigenvalue weighted by Gasteiger charge is 2.59. The van der Waals surface area contributed by atoms with Crippen molar-refractivity contribution >= 4 is 22.9 Å². The fourth-order valence-electron chi connectivity index (χ4n) is 6.86. The highest BCUT2D eigenvalue weighted by atomic mass is 32.2. The average molecular weight is 566 g/mol. The monoisotopic (exact) mass is 565 g/mol. The molecule has 3 aliphatic rings. The normalized spacial score (nSPS) is 30.5. The van der Waals surface area contributed by atoms with Gasteiger partial charge in [-0.1, -0.05) is 57.5 Å². The van der Waals surface area contributed by atoms with Crippen LogP contribution in [0.4, 0.5) is 4.79 Å². The lowest BCUT2D eigenvalue weighted by molar-refractivity contribution is -0.152. The van der Waals surface area contributed by atoms with Gasteiger partial charge in [-0.2, -0.15) is 0 Å². The number of benzene rings is 2. The summed E-state index contributed by atoms with van der Waals surface area (Å²) in [6.07, 6.45) is 4.37. The number of ether oxygens (including phenoxy) is 2. The number of carbonyl (C=O) groups excluding carboxylic acids is 2. The summed E-state index contributed by atoms with van der Waals surface area (Å²) in [6, 6.07) is 9.31. The van der Waals surface area contributed by atoms with Gasteiger partial charge in [0.1, 0.15) is 17.1 Å². The molecule has 1 N–H and O–H groups in total. The molecule has 5 unspecified atom stereocenters. The van der Waals surface area contributed by atoms with E-state index in [1.165, 1.54) is 4.90 Å². The third-order valence-corrected chi connectivity index (χ3v) is 10.8. The summed E-state index contributed by atoms with van der Waals surface area (Å²) in [5.74, 6) is 1.95. The SMILES string of the molecule is Cc1c(C)c2c(c(C)c1O)CCC(C)(COC1(c3ccccc3)SC(=O)N(C3CC(C)CCC3C(C)C)C1=O)O2. The Labute approximate surface area is 242 Å². The first kappa shape index (κ1) is 29.0. The van der Waals surface area contributed by atoms with Gasteiger partial charge in [0.25, 0.3) is 11.1 Å². The minimum absolute atomic E-state index is 0.125. The molecule has 6 nitrogen and oxygen atoms in total. The number of fused-ring (bicyclic) bond motifs is 1. The molecule has 0 bridgehead atoms. The molecule has 2 aromatic carbocycles. The van der Waals surface area contributed by atoms with Crippen LogP contribution in [-0.2, 0) is 20.9 Å². The molecule has 0 aromatic heterocycles. The molecule has 5 atom stereocenters. The number of imide groups is 1. The van der Waals surface area contributed by atoms with E-state index in [1.54, 1.807) is 0 Å². The fourth-order valence-corrected chi connectivity index (χ4v) is 7.98. The number of hydrogen-bond donors (Lipinski definition) is 1. The topological polar surface area (TPSA) is 76.1 Å². The van der Waals surface area contributed by atoms with Crippen LogP contribution < -0.4 is 4.74 Å². The molecule has 40 heavy (non-hydrogen) atoms. The lowest BCUT2D eigenvalue weighted by atomic mass is 9.73. The average Bonchev–Trinajstić information content (AvgIpc) is 3.19. The highest BCUT2D eigenvalue weighted by molar-refractivity contribution is 8.15. The van der Waals surface area contributed by atoms with Gasteiger partial charge in [-0.05, 0) is 99.6 Å². The van der Waals surface area contributed by atoms with Crippen molar-refractivity contribution in [3.05, 3.63) is 58.1 Å². The Morgan fingerprint density at radius 2 is 1.80 bits per heavy atom. The van der Waals surface area contributed by atoms with Crippen LogP contribution in [0.3, 0.4) is 0 Å². The molecular formula is C33H43NO5S. The molecule has 216 valence electrons. The second-order valence-corrected chi connectivity index (χ2v) is 13.9. The Balaban J connectivity index is 1.47. The van der Waals surface area contributed by atoms with Gasteiger partial charge >= 0.3 is 0 Å². The quantitative estimate of drug-likeness (QED) is 0.393. The smallest absolute Gasteiger partial charge is 0.292 e. The van der Waals surface area contributed by atoms with E-state index in [9.17, 15) is 14.7 Å². The van der Waals surface area contributed by atoms with Gasteiger partial charge in [0.15, 0.2) is 0 Å². The van der Waals surface area contributed by atoms with Crippen LogP contribution in [0.1, 0.15) is 81.2 Å². The molecule has 7 heteroatoms. The maximum absolute atomic E-state index is 14.5. The molecule has 2 aliphatic heterocycles. The predicted octanol–water partition coefficient (Wildman–Crippen LogP) is 7.43. The van der Waals surface area contributed by atoms with E-state index in [0.29, 0.717) is 29.6 Å².